The number of hydrogen-bond donors (Lipinski definition) is 0. The molecule has 0 bridgehead atoms. The van der Waals surface area contributed by atoms with E-state index < -0.39 is 5.82 Å². The third-order valence-electron chi connectivity index (χ3n) is 6.55. The van der Waals surface area contributed by atoms with Gasteiger partial charge in [0.05, 0.1) is 17.7 Å². The number of likely N-dealkylation sites (N-methyl/N-ethyl adjacent to an activating group) is 1. The summed E-state index contributed by atoms with van der Waals surface area (Å²) in [6, 6.07) is 6.16. The van der Waals surface area contributed by atoms with Gasteiger partial charge in [0.2, 0.25) is 0 Å². The first-order chi connectivity index (χ1) is 13.4. The van der Waals surface area contributed by atoms with E-state index in [0.717, 1.165) is 31.4 Å². The van der Waals surface area contributed by atoms with Gasteiger partial charge in [0, 0.05) is 31.3 Å². The summed E-state index contributed by atoms with van der Waals surface area (Å²) in [7, 11) is 4.21. The molecule has 0 spiro atoms. The number of amides is 1. The fraction of sp³-hybridized carbons (Fsp3) is 0.636. The molecule has 0 unspecified atom stereocenters. The van der Waals surface area contributed by atoms with Gasteiger partial charge >= 0.3 is 0 Å². The van der Waals surface area contributed by atoms with Crippen LogP contribution < -0.4 is 0 Å². The van der Waals surface area contributed by atoms with Crippen LogP contribution in [0, 0.1) is 34.9 Å². The van der Waals surface area contributed by atoms with Crippen molar-refractivity contribution in [2.45, 2.75) is 37.8 Å². The Balaban J connectivity index is 1.45. The maximum Gasteiger partial charge on any atom is 0.254 e. The number of rotatable bonds is 5. The Hall–Kier alpha value is -1.97. The van der Waals surface area contributed by atoms with Gasteiger partial charge in [-0.05, 0) is 75.7 Å². The first kappa shape index (κ1) is 19.4. The van der Waals surface area contributed by atoms with Crippen LogP contribution in [0.25, 0.3) is 0 Å². The molecule has 1 heterocycles. The Labute approximate surface area is 166 Å². The molecule has 3 fully saturated rings. The lowest BCUT2D eigenvalue weighted by molar-refractivity contribution is -0.0493. The van der Waals surface area contributed by atoms with Crippen molar-refractivity contribution in [1.29, 1.82) is 5.26 Å². The number of nitrogens with zero attached hydrogens (tertiary/aromatic N) is 3. The Morgan fingerprint density at radius 1 is 1.25 bits per heavy atom. The van der Waals surface area contributed by atoms with Crippen molar-refractivity contribution in [3.63, 3.8) is 0 Å². The van der Waals surface area contributed by atoms with Crippen molar-refractivity contribution < 1.29 is 13.9 Å². The van der Waals surface area contributed by atoms with E-state index in [2.05, 4.69) is 19.0 Å². The van der Waals surface area contributed by atoms with Crippen LogP contribution in [0.1, 0.15) is 41.6 Å². The molecule has 28 heavy (non-hydrogen) atoms. The molecule has 4 atom stereocenters. The topological polar surface area (TPSA) is 56.6 Å². The zero-order chi connectivity index (χ0) is 19.8. The lowest BCUT2D eigenvalue weighted by atomic mass is 9.77. The first-order valence-corrected chi connectivity index (χ1v) is 10.2. The summed E-state index contributed by atoms with van der Waals surface area (Å²) in [4.78, 5) is 17.0. The van der Waals surface area contributed by atoms with Gasteiger partial charge in [-0.2, -0.15) is 5.26 Å². The summed E-state index contributed by atoms with van der Waals surface area (Å²) in [6.45, 7) is 2.24. The van der Waals surface area contributed by atoms with Crippen molar-refractivity contribution in [3.8, 4) is 6.07 Å². The van der Waals surface area contributed by atoms with Crippen LogP contribution in [-0.2, 0) is 4.74 Å². The quantitative estimate of drug-likeness (QED) is 0.782. The molecule has 0 radical (unpaired) electrons. The summed E-state index contributed by atoms with van der Waals surface area (Å²) < 4.78 is 20.0. The molecule has 1 aromatic rings. The normalized spacial score (nSPS) is 29.6. The number of ether oxygens (including phenoxy) is 1. The average molecular weight is 385 g/mol. The van der Waals surface area contributed by atoms with Crippen molar-refractivity contribution in [2.75, 3.05) is 33.8 Å². The van der Waals surface area contributed by atoms with Crippen LogP contribution in [-0.4, -0.2) is 61.6 Å². The van der Waals surface area contributed by atoms with Crippen LogP contribution in [0.5, 0.6) is 0 Å². The van der Waals surface area contributed by atoms with E-state index in [0.29, 0.717) is 31.0 Å². The number of likely N-dealkylation sites (tertiary alicyclic amines) is 1. The first-order valence-electron chi connectivity index (χ1n) is 10.2. The van der Waals surface area contributed by atoms with Gasteiger partial charge < -0.3 is 14.5 Å². The maximum absolute atomic E-state index is 13.8. The van der Waals surface area contributed by atoms with Gasteiger partial charge in [0.1, 0.15) is 5.82 Å². The van der Waals surface area contributed by atoms with Gasteiger partial charge in [-0.1, -0.05) is 0 Å². The molecular formula is C22H28FN3O2. The second-order valence-electron chi connectivity index (χ2n) is 8.89. The van der Waals surface area contributed by atoms with Crippen molar-refractivity contribution in [3.05, 3.63) is 35.1 Å². The molecule has 4 rings (SSSR count). The highest BCUT2D eigenvalue weighted by atomic mass is 19.1. The second-order valence-corrected chi connectivity index (χ2v) is 8.89. The molecular weight excluding hydrogens is 357 g/mol. The van der Waals surface area contributed by atoms with Crippen molar-refractivity contribution >= 4 is 5.91 Å². The molecule has 150 valence electrons. The molecule has 1 aliphatic heterocycles. The minimum absolute atomic E-state index is 0.178. The van der Waals surface area contributed by atoms with Crippen molar-refractivity contribution in [1.82, 2.24) is 9.80 Å². The summed E-state index contributed by atoms with van der Waals surface area (Å²) in [6.07, 6.45) is 4.77. The molecule has 5 nitrogen and oxygen atoms in total. The third-order valence-corrected chi connectivity index (χ3v) is 6.55. The second kappa shape index (κ2) is 7.81. The number of halogens is 1. The number of carbonyl (C=O) groups is 1. The van der Waals surface area contributed by atoms with E-state index in [-0.39, 0.29) is 23.1 Å². The number of hydrogen-bond acceptors (Lipinski definition) is 4. The van der Waals surface area contributed by atoms with Gasteiger partial charge in [-0.3, -0.25) is 4.79 Å². The molecule has 2 aliphatic carbocycles. The standard InChI is InChI=1S/C22H28FN3O2/c1-25(2)20-8-17-11-26(12-18(17)9-21(20)28-13-14-3-4-14)22(27)16-5-15(10-24)6-19(23)7-16/h5-7,14,17-18,20-21H,3-4,8-9,11-13H2,1-2H3/t17-,18+,20-,21-/m1/s1. The SMILES string of the molecule is CN(C)[C@@H]1C[C@@H]2CN(C(=O)c3cc(F)cc(C#N)c3)C[C@@H]2C[C@H]1OCC1CC1. The summed E-state index contributed by atoms with van der Waals surface area (Å²) in [5.41, 5.74) is 0.446. The maximum atomic E-state index is 13.8. The highest BCUT2D eigenvalue weighted by molar-refractivity contribution is 5.94. The third kappa shape index (κ3) is 4.06. The van der Waals surface area contributed by atoms with Gasteiger partial charge in [0.15, 0.2) is 0 Å². The van der Waals surface area contributed by atoms with E-state index in [9.17, 15) is 9.18 Å². The van der Waals surface area contributed by atoms with Crippen LogP contribution >= 0.6 is 0 Å². The fourth-order valence-corrected chi connectivity index (χ4v) is 4.78. The highest BCUT2D eigenvalue weighted by Gasteiger charge is 2.45. The number of benzene rings is 1. The molecule has 2 saturated carbocycles. The lowest BCUT2D eigenvalue weighted by Gasteiger charge is -2.41. The number of fused-ring (bicyclic) bond motifs is 1. The Morgan fingerprint density at radius 2 is 1.96 bits per heavy atom. The van der Waals surface area contributed by atoms with E-state index in [4.69, 9.17) is 10.00 Å². The van der Waals surface area contributed by atoms with E-state index in [1.165, 1.54) is 25.0 Å². The Bertz CT molecular complexity index is 786. The van der Waals surface area contributed by atoms with Gasteiger partial charge in [-0.15, -0.1) is 0 Å². The Morgan fingerprint density at radius 3 is 2.61 bits per heavy atom. The molecule has 3 aliphatic rings. The molecule has 0 N–H and O–H groups in total. The zero-order valence-corrected chi connectivity index (χ0v) is 16.6. The van der Waals surface area contributed by atoms with Crippen LogP contribution in [0.3, 0.4) is 0 Å². The predicted molar refractivity (Wildman–Crippen MR) is 103 cm³/mol. The number of nitriles is 1. The van der Waals surface area contributed by atoms with Gasteiger partial charge in [-0.25, -0.2) is 4.39 Å². The summed E-state index contributed by atoms with van der Waals surface area (Å²) in [5.74, 6) is 0.890. The van der Waals surface area contributed by atoms with E-state index >= 15 is 0 Å². The number of carbonyl (C=O) groups excluding carboxylic acids is 1. The van der Waals surface area contributed by atoms with Crippen LogP contribution in [0.4, 0.5) is 4.39 Å². The highest BCUT2D eigenvalue weighted by Crippen LogP contribution is 2.40. The minimum Gasteiger partial charge on any atom is -0.376 e. The van der Waals surface area contributed by atoms with E-state index in [1.54, 1.807) is 0 Å². The van der Waals surface area contributed by atoms with Crippen LogP contribution in [0.15, 0.2) is 18.2 Å². The molecule has 1 amide bonds. The lowest BCUT2D eigenvalue weighted by Crippen LogP contribution is -2.48. The van der Waals surface area contributed by atoms with Gasteiger partial charge in [0.25, 0.3) is 5.91 Å². The molecule has 1 aromatic carbocycles. The summed E-state index contributed by atoms with van der Waals surface area (Å²) >= 11 is 0. The minimum atomic E-state index is -0.541. The molecule has 1 saturated heterocycles. The Kier molecular flexibility index (Phi) is 5.39. The smallest absolute Gasteiger partial charge is 0.254 e. The molecule has 0 aromatic heterocycles. The monoisotopic (exact) mass is 385 g/mol. The fourth-order valence-electron chi connectivity index (χ4n) is 4.78. The van der Waals surface area contributed by atoms with Crippen molar-refractivity contribution in [2.24, 2.45) is 17.8 Å². The molecule has 6 heteroatoms. The van der Waals surface area contributed by atoms with Crippen LogP contribution in [0.2, 0.25) is 0 Å². The zero-order valence-electron chi connectivity index (χ0n) is 16.6. The largest absolute Gasteiger partial charge is 0.376 e. The average Bonchev–Trinajstić information content (AvgIpc) is 3.41. The van der Waals surface area contributed by atoms with E-state index in [1.807, 2.05) is 11.0 Å². The predicted octanol–water partition coefficient (Wildman–Crippen LogP) is 2.90. The summed E-state index contributed by atoms with van der Waals surface area (Å²) in [5, 5.41) is 9.05.